The molecule has 1 fully saturated rings. The Morgan fingerprint density at radius 1 is 1.55 bits per heavy atom. The third-order valence-electron chi connectivity index (χ3n) is 2.14. The zero-order chi connectivity index (χ0) is 8.27. The summed E-state index contributed by atoms with van der Waals surface area (Å²) < 4.78 is 10.9. The van der Waals surface area contributed by atoms with Crippen molar-refractivity contribution in [3.63, 3.8) is 0 Å². The highest BCUT2D eigenvalue weighted by molar-refractivity contribution is 6.55. The zero-order valence-electron chi connectivity index (χ0n) is 7.67. The predicted octanol–water partition coefficient (Wildman–Crippen LogP) is 1.56. The molecule has 1 aliphatic heterocycles. The minimum absolute atomic E-state index is 0.754. The number of hydrogen-bond acceptors (Lipinski definition) is 2. The van der Waals surface area contributed by atoms with Crippen molar-refractivity contribution in [2.75, 3.05) is 19.8 Å². The summed E-state index contributed by atoms with van der Waals surface area (Å²) in [5.74, 6) is 0. The minimum atomic E-state index is -0.939. The second kappa shape index (κ2) is 4.23. The SMILES string of the molecule is CCO[SiH](C(C)C)C1COC1. The van der Waals surface area contributed by atoms with Crippen LogP contribution >= 0.6 is 0 Å². The smallest absolute Gasteiger partial charge is 0.187 e. The first-order chi connectivity index (χ1) is 5.25. The topological polar surface area (TPSA) is 18.5 Å². The van der Waals surface area contributed by atoms with Crippen molar-refractivity contribution in [1.82, 2.24) is 0 Å². The molecule has 3 heteroatoms. The molecule has 11 heavy (non-hydrogen) atoms. The highest BCUT2D eigenvalue weighted by Gasteiger charge is 2.32. The van der Waals surface area contributed by atoms with E-state index in [2.05, 4.69) is 20.8 Å². The van der Waals surface area contributed by atoms with Gasteiger partial charge in [-0.25, -0.2) is 0 Å². The standard InChI is InChI=1S/C8H18O2Si/c1-4-10-11(7(2)3)8-5-9-6-8/h7-8,11H,4-6H2,1-3H3. The summed E-state index contributed by atoms with van der Waals surface area (Å²) in [5, 5.41) is 0. The van der Waals surface area contributed by atoms with Crippen LogP contribution in [0.2, 0.25) is 11.1 Å². The quantitative estimate of drug-likeness (QED) is 0.602. The van der Waals surface area contributed by atoms with Crippen molar-refractivity contribution in [3.8, 4) is 0 Å². The van der Waals surface area contributed by atoms with E-state index < -0.39 is 9.04 Å². The van der Waals surface area contributed by atoms with Gasteiger partial charge >= 0.3 is 0 Å². The molecule has 0 aromatic rings. The Bertz CT molecular complexity index is 113. The Morgan fingerprint density at radius 2 is 2.18 bits per heavy atom. The van der Waals surface area contributed by atoms with E-state index in [1.807, 2.05) is 0 Å². The van der Waals surface area contributed by atoms with Gasteiger partial charge in [-0.2, -0.15) is 0 Å². The average Bonchev–Trinajstić information content (AvgIpc) is 1.82. The van der Waals surface area contributed by atoms with E-state index in [0.717, 1.165) is 30.9 Å². The first-order valence-corrected chi connectivity index (χ1v) is 6.25. The van der Waals surface area contributed by atoms with E-state index in [9.17, 15) is 0 Å². The molecule has 1 rings (SSSR count). The number of hydrogen-bond donors (Lipinski definition) is 0. The van der Waals surface area contributed by atoms with Crippen LogP contribution in [-0.4, -0.2) is 28.9 Å². The fourth-order valence-electron chi connectivity index (χ4n) is 1.51. The predicted molar refractivity (Wildman–Crippen MR) is 48.4 cm³/mol. The van der Waals surface area contributed by atoms with Crippen molar-refractivity contribution in [2.45, 2.75) is 31.9 Å². The molecule has 0 N–H and O–H groups in total. The number of rotatable bonds is 4. The lowest BCUT2D eigenvalue weighted by Crippen LogP contribution is -2.39. The number of ether oxygens (including phenoxy) is 1. The van der Waals surface area contributed by atoms with E-state index in [0.29, 0.717) is 0 Å². The largest absolute Gasteiger partial charge is 0.420 e. The van der Waals surface area contributed by atoms with Crippen LogP contribution in [0.4, 0.5) is 0 Å². The van der Waals surface area contributed by atoms with Gasteiger partial charge in [-0.05, 0) is 12.5 Å². The summed E-state index contributed by atoms with van der Waals surface area (Å²) >= 11 is 0. The molecule has 1 atom stereocenters. The summed E-state index contributed by atoms with van der Waals surface area (Å²) in [4.78, 5) is 0. The van der Waals surface area contributed by atoms with Gasteiger partial charge in [-0.3, -0.25) is 0 Å². The monoisotopic (exact) mass is 174 g/mol. The maximum absolute atomic E-state index is 5.77. The molecule has 0 bridgehead atoms. The lowest BCUT2D eigenvalue weighted by Gasteiger charge is -2.34. The van der Waals surface area contributed by atoms with Gasteiger partial charge in [0, 0.05) is 12.1 Å². The van der Waals surface area contributed by atoms with Gasteiger partial charge in [0.2, 0.25) is 0 Å². The highest BCUT2D eigenvalue weighted by Crippen LogP contribution is 2.28. The summed E-state index contributed by atoms with van der Waals surface area (Å²) in [7, 11) is -0.939. The fourth-order valence-corrected chi connectivity index (χ4v) is 4.29. The normalized spacial score (nSPS) is 21.8. The highest BCUT2D eigenvalue weighted by atomic mass is 28.3. The van der Waals surface area contributed by atoms with E-state index in [1.165, 1.54) is 0 Å². The third kappa shape index (κ3) is 2.29. The molecule has 1 aliphatic rings. The molecule has 1 saturated heterocycles. The third-order valence-corrected chi connectivity index (χ3v) is 5.49. The zero-order valence-corrected chi connectivity index (χ0v) is 8.82. The molecule has 0 aliphatic carbocycles. The van der Waals surface area contributed by atoms with Crippen molar-refractivity contribution < 1.29 is 9.16 Å². The summed E-state index contributed by atoms with van der Waals surface area (Å²) in [6.45, 7) is 9.41. The van der Waals surface area contributed by atoms with Crippen LogP contribution in [0.1, 0.15) is 20.8 Å². The van der Waals surface area contributed by atoms with E-state index in [1.54, 1.807) is 0 Å². The van der Waals surface area contributed by atoms with Crippen LogP contribution in [0.25, 0.3) is 0 Å². The summed E-state index contributed by atoms with van der Waals surface area (Å²) in [6.07, 6.45) is 0. The van der Waals surface area contributed by atoms with Crippen molar-refractivity contribution in [3.05, 3.63) is 0 Å². The van der Waals surface area contributed by atoms with Crippen molar-refractivity contribution in [2.24, 2.45) is 0 Å². The second-order valence-corrected chi connectivity index (χ2v) is 7.00. The van der Waals surface area contributed by atoms with Crippen molar-refractivity contribution >= 4 is 9.04 Å². The van der Waals surface area contributed by atoms with Crippen LogP contribution in [-0.2, 0) is 9.16 Å². The average molecular weight is 174 g/mol. The molecule has 0 amide bonds. The maximum atomic E-state index is 5.77. The van der Waals surface area contributed by atoms with E-state index in [-0.39, 0.29) is 0 Å². The van der Waals surface area contributed by atoms with Crippen LogP contribution < -0.4 is 0 Å². The lowest BCUT2D eigenvalue weighted by atomic mass is 10.4. The van der Waals surface area contributed by atoms with Gasteiger partial charge < -0.3 is 9.16 Å². The lowest BCUT2D eigenvalue weighted by molar-refractivity contribution is 0.0273. The van der Waals surface area contributed by atoms with E-state index in [4.69, 9.17) is 9.16 Å². The molecule has 1 unspecified atom stereocenters. The van der Waals surface area contributed by atoms with Crippen LogP contribution in [0, 0.1) is 0 Å². The van der Waals surface area contributed by atoms with Gasteiger partial charge in [-0.15, -0.1) is 0 Å². The summed E-state index contributed by atoms with van der Waals surface area (Å²) in [5.41, 5.74) is 1.54. The molecule has 2 nitrogen and oxygen atoms in total. The second-order valence-electron chi connectivity index (χ2n) is 3.46. The Hall–Kier alpha value is 0.137. The minimum Gasteiger partial charge on any atom is -0.420 e. The van der Waals surface area contributed by atoms with Crippen LogP contribution in [0.15, 0.2) is 0 Å². The molecule has 0 aromatic heterocycles. The maximum Gasteiger partial charge on any atom is 0.187 e. The molecule has 0 aromatic carbocycles. The van der Waals surface area contributed by atoms with Crippen LogP contribution in [0.3, 0.4) is 0 Å². The first-order valence-electron chi connectivity index (χ1n) is 4.45. The van der Waals surface area contributed by atoms with Crippen LogP contribution in [0.5, 0.6) is 0 Å². The van der Waals surface area contributed by atoms with Gasteiger partial charge in [0.05, 0.1) is 13.2 Å². The first kappa shape index (κ1) is 9.23. The summed E-state index contributed by atoms with van der Waals surface area (Å²) in [6, 6.07) is 0. The molecule has 66 valence electrons. The van der Waals surface area contributed by atoms with E-state index >= 15 is 0 Å². The van der Waals surface area contributed by atoms with Crippen molar-refractivity contribution in [1.29, 1.82) is 0 Å². The fraction of sp³-hybridized carbons (Fsp3) is 1.00. The molecule has 1 heterocycles. The van der Waals surface area contributed by atoms with Gasteiger partial charge in [0.1, 0.15) is 0 Å². The van der Waals surface area contributed by atoms with Gasteiger partial charge in [0.15, 0.2) is 9.04 Å². The Kier molecular flexibility index (Phi) is 3.55. The molecular formula is C8H18O2Si. The Balaban J connectivity index is 2.31. The Labute approximate surface area is 70.6 Å². The van der Waals surface area contributed by atoms with Gasteiger partial charge in [0.25, 0.3) is 0 Å². The molecule has 0 saturated carbocycles. The molecule has 0 radical (unpaired) electrons. The molecular weight excluding hydrogens is 156 g/mol. The van der Waals surface area contributed by atoms with Gasteiger partial charge in [-0.1, -0.05) is 13.8 Å². The Morgan fingerprint density at radius 3 is 2.45 bits per heavy atom. The molecule has 0 spiro atoms.